The van der Waals surface area contributed by atoms with Gasteiger partial charge in [-0.1, -0.05) is 12.1 Å². The number of nitrogens with one attached hydrogen (secondary N) is 1. The Morgan fingerprint density at radius 1 is 1.17 bits per heavy atom. The second-order valence-corrected chi connectivity index (χ2v) is 7.37. The minimum atomic E-state index is -0.126. The first kappa shape index (κ1) is 20.0. The van der Waals surface area contributed by atoms with E-state index < -0.39 is 0 Å². The molecule has 1 aromatic carbocycles. The summed E-state index contributed by atoms with van der Waals surface area (Å²) in [4.78, 5) is 35.8. The molecule has 0 bridgehead atoms. The lowest BCUT2D eigenvalue weighted by Crippen LogP contribution is -2.36. The molecule has 0 spiro atoms. The minimum absolute atomic E-state index is 0.0792. The first-order valence-corrected chi connectivity index (χ1v) is 10.2. The molecule has 4 rings (SSSR count). The van der Waals surface area contributed by atoms with Gasteiger partial charge in [-0.2, -0.15) is 0 Å². The Kier molecular flexibility index (Phi) is 6.04. The zero-order chi connectivity index (χ0) is 20.9. The predicted molar refractivity (Wildman–Crippen MR) is 116 cm³/mol. The number of para-hydroxylation sites is 1. The van der Waals surface area contributed by atoms with E-state index in [1.165, 1.54) is 0 Å². The Balaban J connectivity index is 1.30. The summed E-state index contributed by atoms with van der Waals surface area (Å²) in [6.07, 6.45) is 4.16. The van der Waals surface area contributed by atoms with E-state index in [0.29, 0.717) is 43.8 Å². The van der Waals surface area contributed by atoms with Crippen LogP contribution < -0.4 is 15.8 Å². The van der Waals surface area contributed by atoms with E-state index in [2.05, 4.69) is 20.2 Å². The first-order valence-electron chi connectivity index (χ1n) is 10.2. The van der Waals surface area contributed by atoms with Crippen molar-refractivity contribution in [1.29, 1.82) is 0 Å². The quantitative estimate of drug-likeness (QED) is 0.675. The maximum absolute atomic E-state index is 12.6. The molecule has 0 atom stereocenters. The topological polar surface area (TPSA) is 89.4 Å². The van der Waals surface area contributed by atoms with Crippen molar-refractivity contribution in [2.45, 2.75) is 26.3 Å². The number of nitrogens with zero attached hydrogens (tertiary/aromatic N) is 4. The van der Waals surface area contributed by atoms with Crippen molar-refractivity contribution in [3.05, 3.63) is 58.8 Å². The molecule has 1 amide bonds. The van der Waals surface area contributed by atoms with Gasteiger partial charge in [0.2, 0.25) is 5.91 Å². The fraction of sp³-hybridized carbons (Fsp3) is 0.364. The summed E-state index contributed by atoms with van der Waals surface area (Å²) in [5, 5.41) is 3.42. The number of aryl methyl sites for hydroxylation is 2. The Morgan fingerprint density at radius 2 is 2.00 bits per heavy atom. The van der Waals surface area contributed by atoms with Crippen LogP contribution in [-0.4, -0.2) is 46.7 Å². The number of carbonyl (C=O) groups excluding carboxylic acids is 1. The number of carbonyl (C=O) groups is 1. The van der Waals surface area contributed by atoms with Crippen LogP contribution in [0, 0.1) is 6.92 Å². The third-order valence-electron chi connectivity index (χ3n) is 5.25. The molecule has 1 saturated heterocycles. The van der Waals surface area contributed by atoms with Crippen molar-refractivity contribution in [3.63, 3.8) is 0 Å². The van der Waals surface area contributed by atoms with Crippen molar-refractivity contribution in [1.82, 2.24) is 14.5 Å². The maximum Gasteiger partial charge on any atom is 0.261 e. The summed E-state index contributed by atoms with van der Waals surface area (Å²) in [5.41, 5.74) is 2.64. The maximum atomic E-state index is 12.6. The zero-order valence-electron chi connectivity index (χ0n) is 17.0. The summed E-state index contributed by atoms with van der Waals surface area (Å²) < 4.78 is 6.92. The van der Waals surface area contributed by atoms with Gasteiger partial charge >= 0.3 is 0 Å². The number of benzene rings is 1. The van der Waals surface area contributed by atoms with Gasteiger partial charge in [-0.15, -0.1) is 0 Å². The molecule has 0 saturated carbocycles. The fourth-order valence-electron chi connectivity index (χ4n) is 3.58. The molecule has 1 aliphatic heterocycles. The van der Waals surface area contributed by atoms with Crippen molar-refractivity contribution in [2.24, 2.45) is 0 Å². The number of morpholine rings is 1. The molecule has 0 unspecified atom stereocenters. The molecular formula is C22H25N5O3. The summed E-state index contributed by atoms with van der Waals surface area (Å²) in [5.74, 6) is 0.399. The summed E-state index contributed by atoms with van der Waals surface area (Å²) in [6, 6.07) is 9.34. The molecule has 0 aliphatic carbocycles. The lowest BCUT2D eigenvalue weighted by molar-refractivity contribution is -0.116. The molecule has 3 heterocycles. The van der Waals surface area contributed by atoms with Gasteiger partial charge in [0.15, 0.2) is 0 Å². The highest BCUT2D eigenvalue weighted by Gasteiger charge is 2.12. The van der Waals surface area contributed by atoms with Crippen molar-refractivity contribution in [3.8, 4) is 0 Å². The standard InChI is InChI=1S/C22H25N5O3/c1-16-4-2-5-18-21(16)24-15-27(22(18)29)9-3-6-20(28)25-19-8-7-17(14-23-19)26-10-12-30-13-11-26/h2,4-5,7-8,14-15H,3,6,9-13H2,1H3,(H,23,25,28). The van der Waals surface area contributed by atoms with Gasteiger partial charge in [-0.05, 0) is 37.1 Å². The highest BCUT2D eigenvalue weighted by molar-refractivity contribution is 5.89. The molecule has 156 valence electrons. The largest absolute Gasteiger partial charge is 0.378 e. The highest BCUT2D eigenvalue weighted by atomic mass is 16.5. The smallest absolute Gasteiger partial charge is 0.261 e. The van der Waals surface area contributed by atoms with Crippen LogP contribution >= 0.6 is 0 Å². The molecule has 1 aliphatic rings. The summed E-state index contributed by atoms with van der Waals surface area (Å²) in [7, 11) is 0. The van der Waals surface area contributed by atoms with Crippen LogP contribution in [0.25, 0.3) is 10.9 Å². The second-order valence-electron chi connectivity index (χ2n) is 7.37. The van der Waals surface area contributed by atoms with E-state index in [0.717, 1.165) is 29.9 Å². The van der Waals surface area contributed by atoms with Crippen LogP contribution in [0.2, 0.25) is 0 Å². The van der Waals surface area contributed by atoms with Crippen LogP contribution in [0.1, 0.15) is 18.4 Å². The Morgan fingerprint density at radius 3 is 2.77 bits per heavy atom. The third-order valence-corrected chi connectivity index (χ3v) is 5.25. The lowest BCUT2D eigenvalue weighted by Gasteiger charge is -2.28. The predicted octanol–water partition coefficient (Wildman–Crippen LogP) is 2.36. The Labute approximate surface area is 174 Å². The van der Waals surface area contributed by atoms with Gasteiger partial charge in [0.25, 0.3) is 5.56 Å². The number of hydrogen-bond donors (Lipinski definition) is 1. The molecule has 30 heavy (non-hydrogen) atoms. The molecular weight excluding hydrogens is 382 g/mol. The van der Waals surface area contributed by atoms with E-state index in [9.17, 15) is 9.59 Å². The van der Waals surface area contributed by atoms with E-state index in [-0.39, 0.29) is 11.5 Å². The molecule has 0 radical (unpaired) electrons. The summed E-state index contributed by atoms with van der Waals surface area (Å²) in [6.45, 7) is 5.49. The van der Waals surface area contributed by atoms with Gasteiger partial charge in [-0.25, -0.2) is 9.97 Å². The van der Waals surface area contributed by atoms with Crippen molar-refractivity contribution in [2.75, 3.05) is 36.5 Å². The molecule has 8 heteroatoms. The van der Waals surface area contributed by atoms with E-state index in [1.54, 1.807) is 23.2 Å². The van der Waals surface area contributed by atoms with E-state index in [4.69, 9.17) is 4.74 Å². The van der Waals surface area contributed by atoms with Gasteiger partial charge in [0, 0.05) is 26.1 Å². The first-order chi connectivity index (χ1) is 14.6. The van der Waals surface area contributed by atoms with Crippen LogP contribution in [0.5, 0.6) is 0 Å². The molecule has 1 N–H and O–H groups in total. The van der Waals surface area contributed by atoms with Crippen LogP contribution in [0.4, 0.5) is 11.5 Å². The number of fused-ring (bicyclic) bond motifs is 1. The van der Waals surface area contributed by atoms with Gasteiger partial charge < -0.3 is 15.0 Å². The molecule has 1 fully saturated rings. The van der Waals surface area contributed by atoms with Crippen LogP contribution in [0.3, 0.4) is 0 Å². The average molecular weight is 407 g/mol. The van der Waals surface area contributed by atoms with Crippen LogP contribution in [-0.2, 0) is 16.1 Å². The lowest BCUT2D eigenvalue weighted by atomic mass is 10.1. The van der Waals surface area contributed by atoms with E-state index in [1.807, 2.05) is 31.2 Å². The van der Waals surface area contributed by atoms with Crippen LogP contribution in [0.15, 0.2) is 47.7 Å². The molecule has 2 aromatic heterocycles. The number of hydrogen-bond acceptors (Lipinski definition) is 6. The number of pyridine rings is 1. The van der Waals surface area contributed by atoms with Crippen molar-refractivity contribution < 1.29 is 9.53 Å². The van der Waals surface area contributed by atoms with Gasteiger partial charge in [0.1, 0.15) is 5.82 Å². The van der Waals surface area contributed by atoms with Gasteiger partial charge in [-0.3, -0.25) is 14.2 Å². The number of rotatable bonds is 6. The minimum Gasteiger partial charge on any atom is -0.378 e. The SMILES string of the molecule is Cc1cccc2c(=O)n(CCCC(=O)Nc3ccc(N4CCOCC4)cn3)cnc12. The van der Waals surface area contributed by atoms with Gasteiger partial charge in [0.05, 0.1) is 42.3 Å². The highest BCUT2D eigenvalue weighted by Crippen LogP contribution is 2.16. The van der Waals surface area contributed by atoms with Crippen molar-refractivity contribution >= 4 is 28.3 Å². The average Bonchev–Trinajstić information content (AvgIpc) is 2.77. The summed E-state index contributed by atoms with van der Waals surface area (Å²) >= 11 is 0. The fourth-order valence-corrected chi connectivity index (χ4v) is 3.58. The molecule has 3 aromatic rings. The van der Waals surface area contributed by atoms with E-state index >= 15 is 0 Å². The number of amides is 1. The Hall–Kier alpha value is -3.26. The normalized spacial score (nSPS) is 14.1. The monoisotopic (exact) mass is 407 g/mol. The Bertz CT molecular complexity index is 1090. The number of ether oxygens (including phenoxy) is 1. The number of anilines is 2. The third kappa shape index (κ3) is 4.49. The molecule has 8 nitrogen and oxygen atoms in total. The zero-order valence-corrected chi connectivity index (χ0v) is 17.0. The number of aromatic nitrogens is 3. The second kappa shape index (κ2) is 9.04.